The molecule has 2 N–H and O–H groups in total. The molecule has 138 valence electrons. The zero-order valence-electron chi connectivity index (χ0n) is 15.6. The number of hydrogen-bond donors (Lipinski definition) is 2. The first-order valence-corrected chi connectivity index (χ1v) is 8.77. The number of nitrogens with one attached hydrogen (secondary N) is 2. The molecule has 0 bridgehead atoms. The third-order valence-corrected chi connectivity index (χ3v) is 4.54. The maximum absolute atomic E-state index is 12.3. The quantitative estimate of drug-likeness (QED) is 0.696. The number of rotatable bonds is 4. The number of benzene rings is 3. The van der Waals surface area contributed by atoms with Crippen molar-refractivity contribution in [1.82, 2.24) is 10.9 Å². The van der Waals surface area contributed by atoms with Gasteiger partial charge in [0, 0.05) is 5.56 Å². The monoisotopic (exact) mass is 362 g/mol. The number of hydrazine groups is 1. The molecule has 0 aliphatic carbocycles. The summed E-state index contributed by atoms with van der Waals surface area (Å²) in [7, 11) is 0. The molecule has 0 heterocycles. The Balaban J connectivity index is 1.60. The van der Waals surface area contributed by atoms with Crippen molar-refractivity contribution in [2.24, 2.45) is 0 Å². The molecule has 2 amide bonds. The van der Waals surface area contributed by atoms with Crippen molar-refractivity contribution in [1.29, 1.82) is 0 Å². The summed E-state index contributed by atoms with van der Waals surface area (Å²) < 4.78 is 5.72. The number of ether oxygens (including phenoxy) is 1. The maximum Gasteiger partial charge on any atom is 0.279 e. The van der Waals surface area contributed by atoms with E-state index in [9.17, 15) is 9.59 Å². The summed E-state index contributed by atoms with van der Waals surface area (Å²) in [6, 6.07) is 18.8. The second kappa shape index (κ2) is 7.91. The van der Waals surface area contributed by atoms with Crippen LogP contribution in [0, 0.1) is 13.8 Å². The highest BCUT2D eigenvalue weighted by Gasteiger charge is 2.17. The Hall–Kier alpha value is -3.34. The molecule has 0 saturated heterocycles. The van der Waals surface area contributed by atoms with Gasteiger partial charge in [0.2, 0.25) is 0 Å². The van der Waals surface area contributed by atoms with Gasteiger partial charge in [0.1, 0.15) is 5.75 Å². The van der Waals surface area contributed by atoms with E-state index in [2.05, 4.69) is 10.9 Å². The van der Waals surface area contributed by atoms with Gasteiger partial charge in [0.05, 0.1) is 0 Å². The fraction of sp³-hybridized carbons (Fsp3) is 0.182. The summed E-state index contributed by atoms with van der Waals surface area (Å²) in [5.74, 6) is -0.156. The van der Waals surface area contributed by atoms with E-state index in [0.717, 1.165) is 21.9 Å². The fourth-order valence-corrected chi connectivity index (χ4v) is 2.72. The Bertz CT molecular complexity index is 998. The van der Waals surface area contributed by atoms with Gasteiger partial charge in [-0.2, -0.15) is 0 Å². The molecular formula is C22H22N2O3. The van der Waals surface area contributed by atoms with Crippen molar-refractivity contribution in [3.63, 3.8) is 0 Å². The van der Waals surface area contributed by atoms with E-state index in [0.29, 0.717) is 11.3 Å². The largest absolute Gasteiger partial charge is 0.481 e. The fourth-order valence-electron chi connectivity index (χ4n) is 2.72. The number of aryl methyl sites for hydroxylation is 1. The molecule has 1 atom stereocenters. The van der Waals surface area contributed by atoms with E-state index in [-0.39, 0.29) is 5.91 Å². The third-order valence-electron chi connectivity index (χ3n) is 4.54. The minimum atomic E-state index is -0.748. The van der Waals surface area contributed by atoms with Crippen LogP contribution in [0.4, 0.5) is 0 Å². The van der Waals surface area contributed by atoms with Gasteiger partial charge in [-0.05, 0) is 60.9 Å². The van der Waals surface area contributed by atoms with Crippen LogP contribution in [0.15, 0.2) is 60.7 Å². The average Bonchev–Trinajstić information content (AvgIpc) is 2.68. The van der Waals surface area contributed by atoms with Gasteiger partial charge in [-0.1, -0.05) is 42.5 Å². The molecule has 0 saturated carbocycles. The zero-order valence-corrected chi connectivity index (χ0v) is 15.6. The van der Waals surface area contributed by atoms with Gasteiger partial charge in [0.25, 0.3) is 11.8 Å². The van der Waals surface area contributed by atoms with Gasteiger partial charge < -0.3 is 4.74 Å². The Morgan fingerprint density at radius 3 is 2.41 bits per heavy atom. The molecule has 3 aromatic rings. The van der Waals surface area contributed by atoms with E-state index in [1.807, 2.05) is 62.4 Å². The van der Waals surface area contributed by atoms with Crippen LogP contribution in [0.5, 0.6) is 5.75 Å². The topological polar surface area (TPSA) is 67.4 Å². The summed E-state index contributed by atoms with van der Waals surface area (Å²) >= 11 is 0. The number of amides is 2. The summed E-state index contributed by atoms with van der Waals surface area (Å²) in [6.45, 7) is 5.56. The lowest BCUT2D eigenvalue weighted by Crippen LogP contribution is -2.47. The first kappa shape index (κ1) is 18.5. The highest BCUT2D eigenvalue weighted by Crippen LogP contribution is 2.21. The van der Waals surface area contributed by atoms with Crippen molar-refractivity contribution < 1.29 is 14.3 Å². The van der Waals surface area contributed by atoms with Crippen LogP contribution in [-0.2, 0) is 4.79 Å². The molecule has 0 fully saturated rings. The van der Waals surface area contributed by atoms with Crippen LogP contribution in [0.1, 0.15) is 28.4 Å². The maximum atomic E-state index is 12.3. The van der Waals surface area contributed by atoms with Gasteiger partial charge in [0.15, 0.2) is 6.10 Å². The minimum Gasteiger partial charge on any atom is -0.481 e. The van der Waals surface area contributed by atoms with E-state index >= 15 is 0 Å². The highest BCUT2D eigenvalue weighted by atomic mass is 16.5. The molecule has 0 aliphatic rings. The molecule has 5 nitrogen and oxygen atoms in total. The molecule has 5 heteroatoms. The van der Waals surface area contributed by atoms with Crippen molar-refractivity contribution >= 4 is 22.6 Å². The van der Waals surface area contributed by atoms with Crippen LogP contribution >= 0.6 is 0 Å². The van der Waals surface area contributed by atoms with Crippen molar-refractivity contribution in [3.05, 3.63) is 77.4 Å². The molecule has 0 aliphatic heterocycles. The SMILES string of the molecule is Cc1cccc(O[C@@H](C)C(=O)NNC(=O)c2ccc3ccccc3c2)c1C. The van der Waals surface area contributed by atoms with E-state index in [1.54, 1.807) is 19.1 Å². The molecule has 0 aromatic heterocycles. The Kier molecular flexibility index (Phi) is 5.41. The molecular weight excluding hydrogens is 340 g/mol. The molecule has 0 radical (unpaired) electrons. The van der Waals surface area contributed by atoms with Gasteiger partial charge in [-0.3, -0.25) is 20.4 Å². The second-order valence-electron chi connectivity index (χ2n) is 6.46. The summed E-state index contributed by atoms with van der Waals surface area (Å²) in [5.41, 5.74) is 7.40. The average molecular weight is 362 g/mol. The van der Waals surface area contributed by atoms with Crippen molar-refractivity contribution in [2.45, 2.75) is 26.9 Å². The van der Waals surface area contributed by atoms with Gasteiger partial charge >= 0.3 is 0 Å². The molecule has 3 aromatic carbocycles. The Labute approximate surface area is 158 Å². The van der Waals surface area contributed by atoms with Crippen LogP contribution < -0.4 is 15.6 Å². The lowest BCUT2D eigenvalue weighted by atomic mass is 10.1. The smallest absolute Gasteiger partial charge is 0.279 e. The first-order valence-electron chi connectivity index (χ1n) is 8.77. The standard InChI is InChI=1S/C22H22N2O3/c1-14-7-6-10-20(15(14)2)27-16(3)21(25)23-24-22(26)19-12-11-17-8-4-5-9-18(17)13-19/h4-13,16H,1-3H3,(H,23,25)(H,24,26)/t16-/m0/s1. The van der Waals surface area contributed by atoms with Crippen LogP contribution in [-0.4, -0.2) is 17.9 Å². The molecule has 3 rings (SSSR count). The van der Waals surface area contributed by atoms with Crippen LogP contribution in [0.25, 0.3) is 10.8 Å². The molecule has 27 heavy (non-hydrogen) atoms. The summed E-state index contributed by atoms with van der Waals surface area (Å²) in [4.78, 5) is 24.5. The number of carbonyl (C=O) groups excluding carboxylic acids is 2. The Morgan fingerprint density at radius 1 is 0.889 bits per heavy atom. The van der Waals surface area contributed by atoms with E-state index in [4.69, 9.17) is 4.74 Å². The predicted octanol–water partition coefficient (Wildman–Crippen LogP) is 3.69. The van der Waals surface area contributed by atoms with E-state index < -0.39 is 12.0 Å². The van der Waals surface area contributed by atoms with Crippen molar-refractivity contribution in [2.75, 3.05) is 0 Å². The Morgan fingerprint density at radius 2 is 1.63 bits per heavy atom. The summed E-state index contributed by atoms with van der Waals surface area (Å²) in [6.07, 6.45) is -0.748. The van der Waals surface area contributed by atoms with Crippen molar-refractivity contribution in [3.8, 4) is 5.75 Å². The first-order chi connectivity index (χ1) is 13.0. The highest BCUT2D eigenvalue weighted by molar-refractivity contribution is 5.99. The zero-order chi connectivity index (χ0) is 19.4. The molecule has 0 spiro atoms. The number of carbonyl (C=O) groups is 2. The number of hydrogen-bond acceptors (Lipinski definition) is 3. The third kappa shape index (κ3) is 4.26. The lowest BCUT2D eigenvalue weighted by Gasteiger charge is -2.17. The van der Waals surface area contributed by atoms with E-state index in [1.165, 1.54) is 0 Å². The minimum absolute atomic E-state index is 0.381. The second-order valence-corrected chi connectivity index (χ2v) is 6.46. The normalized spacial score (nSPS) is 11.7. The number of fused-ring (bicyclic) bond motifs is 1. The van der Waals surface area contributed by atoms with Crippen LogP contribution in [0.2, 0.25) is 0 Å². The van der Waals surface area contributed by atoms with Gasteiger partial charge in [-0.15, -0.1) is 0 Å². The summed E-state index contributed by atoms with van der Waals surface area (Å²) in [5, 5.41) is 2.01. The molecule has 0 unspecified atom stereocenters. The predicted molar refractivity (Wildman–Crippen MR) is 106 cm³/mol. The van der Waals surface area contributed by atoms with Crippen LogP contribution in [0.3, 0.4) is 0 Å². The lowest BCUT2D eigenvalue weighted by molar-refractivity contribution is -0.128. The van der Waals surface area contributed by atoms with Gasteiger partial charge in [-0.25, -0.2) is 0 Å².